The maximum atomic E-state index is 12.4. The van der Waals surface area contributed by atoms with Crippen LogP contribution in [0.1, 0.15) is 46.0 Å². The summed E-state index contributed by atoms with van der Waals surface area (Å²) in [4.78, 5) is 37.7. The minimum atomic E-state index is -0.364. The number of hydrogen-bond donors (Lipinski definition) is 0. The van der Waals surface area contributed by atoms with Crippen LogP contribution in [0.15, 0.2) is 36.4 Å². The van der Waals surface area contributed by atoms with Gasteiger partial charge in [0.2, 0.25) is 5.91 Å². The van der Waals surface area contributed by atoms with Crippen molar-refractivity contribution in [3.63, 3.8) is 0 Å². The molecule has 1 atom stereocenters. The number of halogens is 1. The molecule has 0 aliphatic carbocycles. The molecule has 0 spiro atoms. The van der Waals surface area contributed by atoms with Crippen molar-refractivity contribution in [1.82, 2.24) is 4.90 Å². The Labute approximate surface area is 213 Å². The van der Waals surface area contributed by atoms with Gasteiger partial charge in [-0.25, -0.2) is 4.79 Å². The number of esters is 1. The maximum Gasteiger partial charge on any atom is 1.00 e. The van der Waals surface area contributed by atoms with Crippen LogP contribution >= 0.6 is 11.6 Å². The molecule has 0 aromatic heterocycles. The van der Waals surface area contributed by atoms with Crippen LogP contribution in [0.3, 0.4) is 0 Å². The first-order valence-electron chi connectivity index (χ1n) is 10.5. The zero-order valence-electron chi connectivity index (χ0n) is 19.5. The molecule has 1 saturated heterocycles. The van der Waals surface area contributed by atoms with Gasteiger partial charge in [0.1, 0.15) is 6.61 Å². The zero-order valence-corrected chi connectivity index (χ0v) is 21.2. The molecule has 1 amide bonds. The number of ketones is 1. The van der Waals surface area contributed by atoms with Crippen LogP contribution in [-0.2, 0) is 30.3 Å². The maximum absolute atomic E-state index is 12.4. The Kier molecular flexibility index (Phi) is 14.0. The number of unbranched alkanes of at least 4 members (excludes halogenated alkanes) is 1. The number of ether oxygens (including phenoxy) is 2. The van der Waals surface area contributed by atoms with Crippen LogP contribution < -0.4 is 29.6 Å². The molecule has 1 aliphatic heterocycles. The molecule has 1 heterocycles. The first-order valence-corrected chi connectivity index (χ1v) is 10.9. The van der Waals surface area contributed by atoms with Crippen molar-refractivity contribution in [2.24, 2.45) is 0 Å². The van der Waals surface area contributed by atoms with Crippen molar-refractivity contribution in [2.75, 3.05) is 26.4 Å². The molecular formula is C23H31ClNNaO5. The van der Waals surface area contributed by atoms with Gasteiger partial charge in [-0.3, -0.25) is 9.59 Å². The second-order valence-electron chi connectivity index (χ2n) is 7.24. The van der Waals surface area contributed by atoms with E-state index in [1.165, 1.54) is 0 Å². The summed E-state index contributed by atoms with van der Waals surface area (Å²) in [5.41, 5.74) is 0.872. The summed E-state index contributed by atoms with van der Waals surface area (Å²) in [6, 6.07) is 7.20. The van der Waals surface area contributed by atoms with Gasteiger partial charge in [0.05, 0.1) is 12.6 Å². The van der Waals surface area contributed by atoms with E-state index in [0.29, 0.717) is 31.2 Å². The molecule has 166 valence electrons. The summed E-state index contributed by atoms with van der Waals surface area (Å²) in [5, 5.41) is 0.611. The van der Waals surface area contributed by atoms with Crippen molar-refractivity contribution in [2.45, 2.75) is 51.5 Å². The van der Waals surface area contributed by atoms with Crippen LogP contribution in [0.5, 0.6) is 0 Å². The van der Waals surface area contributed by atoms with Crippen LogP contribution in [0.2, 0.25) is 5.02 Å². The Morgan fingerprint density at radius 3 is 2.87 bits per heavy atom. The van der Waals surface area contributed by atoms with Gasteiger partial charge in [-0.15, -0.1) is 0 Å². The molecule has 0 radical (unpaired) electrons. The van der Waals surface area contributed by atoms with Crippen molar-refractivity contribution in [3.05, 3.63) is 47.0 Å². The first kappa shape index (κ1) is 27.9. The predicted octanol–water partition coefficient (Wildman–Crippen LogP) is 0.865. The topological polar surface area (TPSA) is 72.9 Å². The van der Waals surface area contributed by atoms with Crippen LogP contribution in [0, 0.1) is 0 Å². The number of piperidine rings is 1. The molecule has 0 bridgehead atoms. The van der Waals surface area contributed by atoms with E-state index in [-0.39, 0.29) is 67.7 Å². The molecule has 0 saturated carbocycles. The molecule has 6 nitrogen and oxygen atoms in total. The molecule has 1 aromatic rings. The number of carbonyl (C=O) groups is 3. The van der Waals surface area contributed by atoms with Gasteiger partial charge in [-0.2, -0.15) is 0 Å². The first-order chi connectivity index (χ1) is 14.5. The molecule has 8 heteroatoms. The summed E-state index contributed by atoms with van der Waals surface area (Å²) in [6.07, 6.45) is 7.46. The monoisotopic (exact) mass is 459 g/mol. The Morgan fingerprint density at radius 1 is 1.32 bits per heavy atom. The zero-order chi connectivity index (χ0) is 21.8. The second-order valence-corrected chi connectivity index (χ2v) is 7.68. The Morgan fingerprint density at radius 2 is 2.13 bits per heavy atom. The summed E-state index contributed by atoms with van der Waals surface area (Å²) >= 11 is 5.97. The van der Waals surface area contributed by atoms with Crippen molar-refractivity contribution in [3.8, 4) is 0 Å². The number of likely N-dealkylation sites (tertiary alicyclic amines) is 1. The van der Waals surface area contributed by atoms with Gasteiger partial charge in [-0.1, -0.05) is 29.8 Å². The van der Waals surface area contributed by atoms with Crippen molar-refractivity contribution >= 4 is 29.3 Å². The van der Waals surface area contributed by atoms with E-state index < -0.39 is 0 Å². The molecule has 1 aromatic carbocycles. The summed E-state index contributed by atoms with van der Waals surface area (Å²) < 4.78 is 10.1. The average molecular weight is 460 g/mol. The molecule has 2 rings (SSSR count). The standard InChI is InChI=1S/C23H30ClNO5.Na.H/c1-2-30-23(28)17-29-14-4-3-13-25-20(9-6-10-22(25)27)11-12-21(26)16-18-7-5-8-19(24)15-18;;/h5,7-8,11-12,15,20H,2-4,6,9-10,13-14,16-17H2,1H3;;/q;+1;-1/t20-;;/m1../s1. The number of nitrogens with zero attached hydrogens (tertiary/aromatic N) is 1. The van der Waals surface area contributed by atoms with Gasteiger partial charge in [0, 0.05) is 31.0 Å². The van der Waals surface area contributed by atoms with E-state index in [0.717, 1.165) is 31.2 Å². The van der Waals surface area contributed by atoms with Crippen LogP contribution in [0.25, 0.3) is 0 Å². The minimum Gasteiger partial charge on any atom is -1.00 e. The summed E-state index contributed by atoms with van der Waals surface area (Å²) in [6.45, 7) is 3.11. The SMILES string of the molecule is CCOC(=O)COCCCCN1C(=O)CCC[C@@H]1C=CC(=O)Cc1cccc(Cl)c1.[H-].[Na+]. The van der Waals surface area contributed by atoms with Gasteiger partial charge in [-0.05, 0) is 56.4 Å². The fourth-order valence-corrected chi connectivity index (χ4v) is 3.62. The third-order valence-electron chi connectivity index (χ3n) is 4.85. The number of amides is 1. The summed E-state index contributed by atoms with van der Waals surface area (Å²) in [7, 11) is 0. The number of hydrogen-bond acceptors (Lipinski definition) is 5. The van der Waals surface area contributed by atoms with E-state index in [1.54, 1.807) is 25.1 Å². The summed E-state index contributed by atoms with van der Waals surface area (Å²) in [5.74, 6) is -0.260. The Balaban J connectivity index is 0.00000480. The number of allylic oxidation sites excluding steroid dienone is 1. The predicted molar refractivity (Wildman–Crippen MR) is 116 cm³/mol. The normalized spacial score (nSPS) is 16.3. The molecule has 1 aliphatic rings. The van der Waals surface area contributed by atoms with Gasteiger partial charge < -0.3 is 15.8 Å². The average Bonchev–Trinajstić information content (AvgIpc) is 2.70. The van der Waals surface area contributed by atoms with E-state index in [2.05, 4.69) is 0 Å². The van der Waals surface area contributed by atoms with E-state index >= 15 is 0 Å². The van der Waals surface area contributed by atoms with E-state index in [4.69, 9.17) is 21.1 Å². The fraction of sp³-hybridized carbons (Fsp3) is 0.522. The molecule has 0 N–H and O–H groups in total. The third kappa shape index (κ3) is 10.8. The quantitative estimate of drug-likeness (QED) is 0.201. The number of carbonyl (C=O) groups excluding carboxylic acids is 3. The molecular weight excluding hydrogens is 429 g/mol. The van der Waals surface area contributed by atoms with Gasteiger partial charge >= 0.3 is 35.5 Å². The van der Waals surface area contributed by atoms with Crippen molar-refractivity contribution in [1.29, 1.82) is 0 Å². The number of rotatable bonds is 12. The van der Waals surface area contributed by atoms with Crippen LogP contribution in [-0.4, -0.2) is 55.0 Å². The van der Waals surface area contributed by atoms with E-state index in [9.17, 15) is 14.4 Å². The third-order valence-corrected chi connectivity index (χ3v) is 5.08. The van der Waals surface area contributed by atoms with Gasteiger partial charge in [0.25, 0.3) is 0 Å². The molecule has 1 fully saturated rings. The Hall–Kier alpha value is -1.18. The second kappa shape index (κ2) is 15.6. The molecule has 31 heavy (non-hydrogen) atoms. The van der Waals surface area contributed by atoms with E-state index in [1.807, 2.05) is 23.1 Å². The fourth-order valence-electron chi connectivity index (χ4n) is 3.41. The number of benzene rings is 1. The smallest absolute Gasteiger partial charge is 1.00 e. The minimum absolute atomic E-state index is 0. The molecule has 0 unspecified atom stereocenters. The Bertz CT molecular complexity index is 762. The van der Waals surface area contributed by atoms with Gasteiger partial charge in [0.15, 0.2) is 5.78 Å². The van der Waals surface area contributed by atoms with Crippen molar-refractivity contribution < 1.29 is 54.8 Å². The largest absolute Gasteiger partial charge is 1.00 e. The van der Waals surface area contributed by atoms with Crippen LogP contribution in [0.4, 0.5) is 0 Å².